The van der Waals surface area contributed by atoms with E-state index in [1.807, 2.05) is 30.3 Å². The average molecular weight is 467 g/mol. The normalized spacial score (nSPS) is 13.2. The van der Waals surface area contributed by atoms with Crippen LogP contribution in [0.25, 0.3) is 0 Å². The molecule has 2 atom stereocenters. The van der Waals surface area contributed by atoms with Gasteiger partial charge in [-0.05, 0) is 24.0 Å². The summed E-state index contributed by atoms with van der Waals surface area (Å²) < 4.78 is 0. The third-order valence-corrected chi connectivity index (χ3v) is 5.03. The van der Waals surface area contributed by atoms with E-state index in [1.54, 1.807) is 29.4 Å². The molecule has 0 spiro atoms. The predicted molar refractivity (Wildman–Crippen MR) is 123 cm³/mol. The monoisotopic (exact) mass is 466 g/mol. The number of benzene rings is 2. The standard InChI is InChI=1S/C22H28Cl2N4O3/c23-10-12-26-28(27-13-11-24)20(15-16-4-2-1-3-5-16)21(29)18-8-6-17(7-9-18)14-19(25)22(30)31/h1-9,19-20,26-27H,10-15,25H2,(H,30,31). The van der Waals surface area contributed by atoms with Gasteiger partial charge in [-0.1, -0.05) is 54.6 Å². The quantitative estimate of drug-likeness (QED) is 0.192. The van der Waals surface area contributed by atoms with Gasteiger partial charge in [0.25, 0.3) is 0 Å². The van der Waals surface area contributed by atoms with Crippen LogP contribution in [0.2, 0.25) is 0 Å². The highest BCUT2D eigenvalue weighted by Crippen LogP contribution is 2.15. The Morgan fingerprint density at radius 3 is 1.97 bits per heavy atom. The van der Waals surface area contributed by atoms with Crippen molar-refractivity contribution in [1.82, 2.24) is 16.0 Å². The van der Waals surface area contributed by atoms with Crippen molar-refractivity contribution in [2.45, 2.75) is 24.9 Å². The number of hydrazine groups is 2. The van der Waals surface area contributed by atoms with Crippen molar-refractivity contribution >= 4 is 35.0 Å². The Morgan fingerprint density at radius 1 is 0.903 bits per heavy atom. The molecule has 0 saturated heterocycles. The highest BCUT2D eigenvalue weighted by molar-refractivity contribution is 6.18. The van der Waals surface area contributed by atoms with Gasteiger partial charge < -0.3 is 10.8 Å². The largest absolute Gasteiger partial charge is 0.480 e. The van der Waals surface area contributed by atoms with Crippen molar-refractivity contribution in [3.63, 3.8) is 0 Å². The second-order valence-electron chi connectivity index (χ2n) is 6.98. The number of carbonyl (C=O) groups is 2. The van der Waals surface area contributed by atoms with E-state index in [9.17, 15) is 9.59 Å². The second-order valence-corrected chi connectivity index (χ2v) is 7.74. The number of rotatable bonds is 14. The Kier molecular flexibility index (Phi) is 10.9. The number of carboxylic acid groups (broad SMARTS) is 1. The number of halogens is 2. The van der Waals surface area contributed by atoms with Gasteiger partial charge in [-0.3, -0.25) is 9.59 Å². The first-order valence-electron chi connectivity index (χ1n) is 10.00. The summed E-state index contributed by atoms with van der Waals surface area (Å²) in [5.41, 5.74) is 14.2. The molecule has 0 aliphatic rings. The van der Waals surface area contributed by atoms with Gasteiger partial charge in [0.15, 0.2) is 5.78 Å². The number of carbonyl (C=O) groups excluding carboxylic acids is 1. The lowest BCUT2D eigenvalue weighted by molar-refractivity contribution is -0.138. The summed E-state index contributed by atoms with van der Waals surface area (Å²) >= 11 is 11.7. The number of Topliss-reactive ketones (excluding diaryl/α,β-unsaturated/α-hetero) is 1. The van der Waals surface area contributed by atoms with Gasteiger partial charge in [-0.15, -0.1) is 23.2 Å². The molecular formula is C22H28Cl2N4O3. The summed E-state index contributed by atoms with van der Waals surface area (Å²) in [6, 6.07) is 15.1. The lowest BCUT2D eigenvalue weighted by atomic mass is 9.96. The maximum Gasteiger partial charge on any atom is 0.320 e. The molecule has 0 saturated carbocycles. The van der Waals surface area contributed by atoms with E-state index in [0.29, 0.717) is 36.8 Å². The first-order valence-corrected chi connectivity index (χ1v) is 11.1. The summed E-state index contributed by atoms with van der Waals surface area (Å²) in [5.74, 6) is -0.398. The van der Waals surface area contributed by atoms with E-state index in [0.717, 1.165) is 11.1 Å². The number of hydrogen-bond acceptors (Lipinski definition) is 6. The molecule has 5 N–H and O–H groups in total. The zero-order valence-corrected chi connectivity index (χ0v) is 18.6. The molecule has 0 fully saturated rings. The topological polar surface area (TPSA) is 108 Å². The van der Waals surface area contributed by atoms with Gasteiger partial charge in [-0.2, -0.15) is 5.12 Å². The summed E-state index contributed by atoms with van der Waals surface area (Å²) in [7, 11) is 0. The lowest BCUT2D eigenvalue weighted by Gasteiger charge is -2.31. The molecule has 0 aliphatic heterocycles. The highest BCUT2D eigenvalue weighted by atomic mass is 35.5. The fraction of sp³-hybridized carbons (Fsp3) is 0.364. The number of nitrogens with zero attached hydrogens (tertiary/aromatic N) is 1. The molecule has 0 aromatic heterocycles. The van der Waals surface area contributed by atoms with E-state index in [2.05, 4.69) is 10.9 Å². The van der Waals surface area contributed by atoms with Crippen molar-refractivity contribution in [3.05, 3.63) is 71.3 Å². The summed E-state index contributed by atoms with van der Waals surface area (Å²) in [5, 5.41) is 10.7. The Balaban J connectivity index is 2.26. The SMILES string of the molecule is NC(Cc1ccc(C(=O)C(Cc2ccccc2)N(NCCCl)NCCCl)cc1)C(=O)O. The molecule has 0 radical (unpaired) electrons. The van der Waals surface area contributed by atoms with Crippen LogP contribution in [0, 0.1) is 0 Å². The highest BCUT2D eigenvalue weighted by Gasteiger charge is 2.27. The minimum absolute atomic E-state index is 0.0953. The van der Waals surface area contributed by atoms with Gasteiger partial charge >= 0.3 is 5.97 Å². The second kappa shape index (κ2) is 13.4. The van der Waals surface area contributed by atoms with Gasteiger partial charge in [0.05, 0.1) is 0 Å². The Labute approximate surface area is 192 Å². The smallest absolute Gasteiger partial charge is 0.320 e. The third kappa shape index (κ3) is 8.22. The van der Waals surface area contributed by atoms with E-state index in [4.69, 9.17) is 34.0 Å². The maximum atomic E-state index is 13.5. The van der Waals surface area contributed by atoms with E-state index in [-0.39, 0.29) is 12.2 Å². The zero-order valence-electron chi connectivity index (χ0n) is 17.1. The average Bonchev–Trinajstić information content (AvgIpc) is 2.78. The molecule has 0 bridgehead atoms. The van der Waals surface area contributed by atoms with Gasteiger partial charge in [0.1, 0.15) is 12.1 Å². The van der Waals surface area contributed by atoms with Crippen molar-refractivity contribution in [2.75, 3.05) is 24.8 Å². The van der Waals surface area contributed by atoms with Crippen LogP contribution >= 0.6 is 23.2 Å². The van der Waals surface area contributed by atoms with Crippen molar-refractivity contribution in [2.24, 2.45) is 5.73 Å². The minimum Gasteiger partial charge on any atom is -0.480 e. The molecule has 0 aliphatic carbocycles. The molecule has 9 heteroatoms. The van der Waals surface area contributed by atoms with Crippen LogP contribution in [0.4, 0.5) is 0 Å². The van der Waals surface area contributed by atoms with Crippen LogP contribution in [0.5, 0.6) is 0 Å². The summed E-state index contributed by atoms with van der Waals surface area (Å²) in [6.07, 6.45) is 0.661. The number of carboxylic acids is 1. The van der Waals surface area contributed by atoms with Crippen LogP contribution < -0.4 is 16.6 Å². The molecule has 0 amide bonds. The molecule has 2 aromatic carbocycles. The summed E-state index contributed by atoms with van der Waals surface area (Å²) in [6.45, 7) is 0.947. The number of nitrogens with two attached hydrogens (primary N) is 1. The van der Waals surface area contributed by atoms with Crippen LogP contribution in [0.1, 0.15) is 21.5 Å². The van der Waals surface area contributed by atoms with Gasteiger partial charge in [0, 0.05) is 30.4 Å². The van der Waals surface area contributed by atoms with Crippen LogP contribution in [0.3, 0.4) is 0 Å². The number of aliphatic carboxylic acids is 1. The molecule has 0 heterocycles. The fourth-order valence-electron chi connectivity index (χ4n) is 3.08. The van der Waals surface area contributed by atoms with E-state index < -0.39 is 18.1 Å². The number of hydrogen-bond donors (Lipinski definition) is 4. The van der Waals surface area contributed by atoms with Gasteiger partial charge in [-0.25, -0.2) is 10.9 Å². The van der Waals surface area contributed by atoms with Crippen LogP contribution in [-0.4, -0.2) is 58.9 Å². The van der Waals surface area contributed by atoms with E-state index in [1.165, 1.54) is 0 Å². The van der Waals surface area contributed by atoms with E-state index >= 15 is 0 Å². The summed E-state index contributed by atoms with van der Waals surface area (Å²) in [4.78, 5) is 24.4. The molecule has 31 heavy (non-hydrogen) atoms. The lowest BCUT2D eigenvalue weighted by Crippen LogP contribution is -2.58. The number of ketones is 1. The van der Waals surface area contributed by atoms with Gasteiger partial charge in [0.2, 0.25) is 0 Å². The predicted octanol–water partition coefficient (Wildman–Crippen LogP) is 2.22. The van der Waals surface area contributed by atoms with Crippen molar-refractivity contribution in [1.29, 1.82) is 0 Å². The molecule has 2 rings (SSSR count). The first-order chi connectivity index (χ1) is 15.0. The molecule has 168 valence electrons. The van der Waals surface area contributed by atoms with Crippen LogP contribution in [0.15, 0.2) is 54.6 Å². The Bertz CT molecular complexity index is 813. The van der Waals surface area contributed by atoms with Crippen LogP contribution in [-0.2, 0) is 17.6 Å². The number of nitrogens with one attached hydrogen (secondary N) is 2. The van der Waals surface area contributed by atoms with Crippen molar-refractivity contribution in [3.8, 4) is 0 Å². The van der Waals surface area contributed by atoms with Crippen molar-refractivity contribution < 1.29 is 14.7 Å². The maximum absolute atomic E-state index is 13.5. The fourth-order valence-corrected chi connectivity index (χ4v) is 3.25. The minimum atomic E-state index is -1.06. The Morgan fingerprint density at radius 2 is 1.45 bits per heavy atom. The molecule has 7 nitrogen and oxygen atoms in total. The number of alkyl halides is 2. The zero-order chi connectivity index (χ0) is 22.6. The third-order valence-electron chi connectivity index (χ3n) is 4.65. The molecule has 2 unspecified atom stereocenters. The molecule has 2 aromatic rings. The first kappa shape index (κ1) is 25.3. The Hall–Kier alpha value is -2.00. The molecular weight excluding hydrogens is 439 g/mol.